The highest BCUT2D eigenvalue weighted by Crippen LogP contribution is 2.29. The number of quaternary nitrogens is 1. The number of hydroxylamine groups is 2. The molecule has 0 spiro atoms. The van der Waals surface area contributed by atoms with Crippen LogP contribution in [0.3, 0.4) is 0 Å². The summed E-state index contributed by atoms with van der Waals surface area (Å²) in [5.74, 6) is 0.0282. The van der Waals surface area contributed by atoms with Crippen molar-refractivity contribution in [3.8, 4) is 0 Å². The maximum atomic E-state index is 12.6. The summed E-state index contributed by atoms with van der Waals surface area (Å²) in [5.41, 5.74) is 1.40. The number of nitrogens with zero attached hydrogens (tertiary/aromatic N) is 1. The molecule has 0 aliphatic heterocycles. The van der Waals surface area contributed by atoms with Gasteiger partial charge in [-0.25, -0.2) is 4.79 Å². The molecular weight excluding hydrogens is 408 g/mol. The van der Waals surface area contributed by atoms with Crippen molar-refractivity contribution in [1.82, 2.24) is 4.65 Å². The van der Waals surface area contributed by atoms with Crippen molar-refractivity contribution in [2.75, 3.05) is 45.4 Å². The monoisotopic (exact) mass is 447 g/mol. The Morgan fingerprint density at radius 1 is 1.12 bits per heavy atom. The van der Waals surface area contributed by atoms with E-state index in [-0.39, 0.29) is 22.4 Å². The Morgan fingerprint density at radius 3 is 2.56 bits per heavy atom. The predicted octanol–water partition coefficient (Wildman–Crippen LogP) is 4.62. The van der Waals surface area contributed by atoms with E-state index in [0.29, 0.717) is 44.3 Å². The van der Waals surface area contributed by atoms with Crippen molar-refractivity contribution in [2.45, 2.75) is 51.9 Å². The first-order valence-corrected chi connectivity index (χ1v) is 11.7. The van der Waals surface area contributed by atoms with Crippen molar-refractivity contribution < 1.29 is 23.9 Å². The van der Waals surface area contributed by atoms with Crippen LogP contribution in [0.25, 0.3) is 0 Å². The molecule has 1 aromatic rings. The minimum atomic E-state index is -0.227. The van der Waals surface area contributed by atoms with E-state index in [0.717, 1.165) is 38.5 Å². The quantitative estimate of drug-likeness (QED) is 0.195. The van der Waals surface area contributed by atoms with Gasteiger partial charge in [0.2, 0.25) is 5.91 Å². The fourth-order valence-electron chi connectivity index (χ4n) is 4.14. The van der Waals surface area contributed by atoms with E-state index in [2.05, 4.69) is 11.9 Å². The number of nitrogens with one attached hydrogen (secondary N) is 1. The first kappa shape index (κ1) is 26.2. The molecule has 0 heterocycles. The summed E-state index contributed by atoms with van der Waals surface area (Å²) >= 11 is 0. The summed E-state index contributed by atoms with van der Waals surface area (Å²) < 4.78 is 10.6. The van der Waals surface area contributed by atoms with Gasteiger partial charge >= 0.3 is 5.91 Å². The van der Waals surface area contributed by atoms with Gasteiger partial charge in [-0.2, -0.15) is 4.84 Å². The van der Waals surface area contributed by atoms with Gasteiger partial charge in [0.1, 0.15) is 6.54 Å². The van der Waals surface area contributed by atoms with E-state index in [1.54, 1.807) is 13.2 Å². The molecule has 2 rings (SSSR count). The van der Waals surface area contributed by atoms with Gasteiger partial charge in [-0.15, -0.1) is 6.58 Å². The zero-order valence-electron chi connectivity index (χ0n) is 19.6. The molecule has 0 radical (unpaired) electrons. The summed E-state index contributed by atoms with van der Waals surface area (Å²) in [6.07, 6.45) is 8.57. The zero-order chi connectivity index (χ0) is 23.2. The molecule has 178 valence electrons. The van der Waals surface area contributed by atoms with Gasteiger partial charge in [0.25, 0.3) is 0 Å². The molecule has 1 N–H and O–H groups in total. The molecule has 7 heteroatoms. The van der Waals surface area contributed by atoms with E-state index in [1.165, 1.54) is 13.3 Å². The SMILES string of the molecule is C=CCOCCOCCCC[N+](OC)(C(C)=O)c1cccc(NC(=O)C2CCCCC2)c1. The first-order valence-electron chi connectivity index (χ1n) is 11.7. The summed E-state index contributed by atoms with van der Waals surface area (Å²) in [6, 6.07) is 7.43. The molecule has 2 amide bonds. The number of carbonyl (C=O) groups is 2. The Kier molecular flexibility index (Phi) is 11.6. The molecule has 1 unspecified atom stereocenters. The lowest BCUT2D eigenvalue weighted by Gasteiger charge is -2.30. The minimum Gasteiger partial charge on any atom is -0.379 e. The number of anilines is 1. The molecule has 0 bridgehead atoms. The van der Waals surface area contributed by atoms with Gasteiger partial charge in [0.05, 0.1) is 33.9 Å². The van der Waals surface area contributed by atoms with Crippen LogP contribution in [0.4, 0.5) is 11.4 Å². The fourth-order valence-corrected chi connectivity index (χ4v) is 4.14. The van der Waals surface area contributed by atoms with Crippen LogP contribution in [0.2, 0.25) is 0 Å². The van der Waals surface area contributed by atoms with Gasteiger partial charge in [-0.05, 0) is 25.3 Å². The first-order chi connectivity index (χ1) is 15.5. The van der Waals surface area contributed by atoms with Crippen LogP contribution in [0.5, 0.6) is 0 Å². The topological polar surface area (TPSA) is 73.9 Å². The second kappa shape index (κ2) is 14.2. The van der Waals surface area contributed by atoms with E-state index in [4.69, 9.17) is 14.3 Å². The lowest BCUT2D eigenvalue weighted by Crippen LogP contribution is -2.52. The van der Waals surface area contributed by atoms with Gasteiger partial charge in [0.15, 0.2) is 5.69 Å². The summed E-state index contributed by atoms with van der Waals surface area (Å²) in [4.78, 5) is 31.0. The third kappa shape index (κ3) is 7.81. The zero-order valence-corrected chi connectivity index (χ0v) is 19.6. The van der Waals surface area contributed by atoms with Crippen molar-refractivity contribution in [3.05, 3.63) is 36.9 Å². The summed E-state index contributed by atoms with van der Waals surface area (Å²) in [6.45, 7) is 7.81. The van der Waals surface area contributed by atoms with Crippen molar-refractivity contribution in [3.63, 3.8) is 0 Å². The smallest absolute Gasteiger partial charge is 0.347 e. The van der Waals surface area contributed by atoms with Crippen molar-refractivity contribution >= 4 is 23.2 Å². The Labute approximate surface area is 192 Å². The molecule has 1 aromatic carbocycles. The number of hydrogen-bond acceptors (Lipinski definition) is 5. The minimum absolute atomic E-state index is 0.0643. The summed E-state index contributed by atoms with van der Waals surface area (Å²) in [7, 11) is 1.54. The Bertz CT molecular complexity index is 733. The van der Waals surface area contributed by atoms with Crippen LogP contribution in [-0.4, -0.2) is 51.9 Å². The molecule has 1 aliphatic carbocycles. The second-order valence-electron chi connectivity index (χ2n) is 8.22. The van der Waals surface area contributed by atoms with Crippen LogP contribution in [0.15, 0.2) is 36.9 Å². The lowest BCUT2D eigenvalue weighted by atomic mass is 9.88. The largest absolute Gasteiger partial charge is 0.379 e. The molecule has 32 heavy (non-hydrogen) atoms. The maximum absolute atomic E-state index is 12.6. The van der Waals surface area contributed by atoms with Crippen molar-refractivity contribution in [2.24, 2.45) is 5.92 Å². The normalized spacial score (nSPS) is 16.3. The molecule has 1 fully saturated rings. The highest BCUT2D eigenvalue weighted by Gasteiger charge is 2.38. The number of benzene rings is 1. The Hall–Kier alpha value is -2.06. The molecule has 1 atom stereocenters. The van der Waals surface area contributed by atoms with Crippen LogP contribution in [-0.2, 0) is 23.9 Å². The molecular formula is C25H39N2O5+. The molecule has 1 saturated carbocycles. The van der Waals surface area contributed by atoms with Crippen LogP contribution >= 0.6 is 0 Å². The average Bonchev–Trinajstić information content (AvgIpc) is 2.81. The van der Waals surface area contributed by atoms with Crippen LogP contribution in [0.1, 0.15) is 51.9 Å². The highest BCUT2D eigenvalue weighted by molar-refractivity contribution is 5.93. The maximum Gasteiger partial charge on any atom is 0.347 e. The number of unbranched alkanes of at least 4 members (excludes halogenated alkanes) is 1. The third-order valence-electron chi connectivity index (χ3n) is 5.95. The van der Waals surface area contributed by atoms with Crippen LogP contribution < -0.4 is 9.96 Å². The third-order valence-corrected chi connectivity index (χ3v) is 5.95. The van der Waals surface area contributed by atoms with E-state index < -0.39 is 0 Å². The van der Waals surface area contributed by atoms with E-state index in [9.17, 15) is 9.59 Å². The van der Waals surface area contributed by atoms with E-state index in [1.807, 2.05) is 24.3 Å². The molecule has 0 aromatic heterocycles. The van der Waals surface area contributed by atoms with Gasteiger partial charge in [0, 0.05) is 36.8 Å². The van der Waals surface area contributed by atoms with Crippen LogP contribution in [0, 0.1) is 5.92 Å². The Morgan fingerprint density at radius 2 is 1.88 bits per heavy atom. The molecule has 0 saturated heterocycles. The average molecular weight is 448 g/mol. The number of rotatable bonds is 14. The Balaban J connectivity index is 1.94. The lowest BCUT2D eigenvalue weighted by molar-refractivity contribution is -0.169. The fraction of sp³-hybridized carbons (Fsp3) is 0.600. The molecule has 1 aliphatic rings. The van der Waals surface area contributed by atoms with Gasteiger partial charge in [-0.1, -0.05) is 36.1 Å². The number of carbonyl (C=O) groups excluding carboxylic acids is 2. The van der Waals surface area contributed by atoms with E-state index >= 15 is 0 Å². The van der Waals surface area contributed by atoms with Gasteiger partial charge in [-0.3, -0.25) is 4.79 Å². The number of hydrogen-bond donors (Lipinski definition) is 1. The highest BCUT2D eigenvalue weighted by atomic mass is 16.7. The number of amides is 2. The van der Waals surface area contributed by atoms with Gasteiger partial charge < -0.3 is 14.8 Å². The second-order valence-corrected chi connectivity index (χ2v) is 8.22. The summed E-state index contributed by atoms with van der Waals surface area (Å²) in [5, 5.41) is 3.04. The molecule has 7 nitrogen and oxygen atoms in total. The number of ether oxygens (including phenoxy) is 2. The predicted molar refractivity (Wildman–Crippen MR) is 127 cm³/mol. The standard InChI is InChI=1S/C25H38N2O5/c1-4-16-31-18-19-32-17-9-8-15-27(30-3,21(2)28)24-14-10-13-23(20-24)26-25(29)22-11-6-5-7-12-22/h4,10,13-14,20,22H,1,5-9,11-12,15-19H2,2-3H3/p+1. The van der Waals surface area contributed by atoms with Crippen molar-refractivity contribution in [1.29, 1.82) is 0 Å².